The maximum atomic E-state index is 2.46. The highest BCUT2D eigenvalue weighted by molar-refractivity contribution is 6.03. The van der Waals surface area contributed by atoms with Crippen molar-refractivity contribution in [3.8, 4) is 33.4 Å². The van der Waals surface area contributed by atoms with Crippen molar-refractivity contribution in [2.45, 2.75) is 307 Å². The van der Waals surface area contributed by atoms with Gasteiger partial charge < -0.3 is 0 Å². The summed E-state index contributed by atoms with van der Waals surface area (Å²) >= 11 is 0. The predicted octanol–water partition coefficient (Wildman–Crippen LogP) is 29.9. The first kappa shape index (κ1) is 84.9. The van der Waals surface area contributed by atoms with Crippen LogP contribution in [-0.2, 0) is 23.7 Å². The maximum absolute atomic E-state index is 2.46. The molecule has 5 aliphatic rings. The van der Waals surface area contributed by atoms with Gasteiger partial charge in [-0.15, -0.1) is 0 Å². The van der Waals surface area contributed by atoms with Crippen molar-refractivity contribution in [3.63, 3.8) is 0 Å². The molecule has 12 rings (SSSR count). The molecule has 492 valence electrons. The minimum atomic E-state index is 0.456. The van der Waals surface area contributed by atoms with Gasteiger partial charge in [-0.1, -0.05) is 368 Å². The molecule has 0 radical (unpaired) electrons. The van der Waals surface area contributed by atoms with Crippen molar-refractivity contribution in [2.24, 2.45) is 11.8 Å². The molecule has 0 aromatic heterocycles. The van der Waals surface area contributed by atoms with Gasteiger partial charge in [0, 0.05) is 10.8 Å². The van der Waals surface area contributed by atoms with E-state index in [0.717, 1.165) is 24.7 Å². The van der Waals surface area contributed by atoms with Crippen molar-refractivity contribution in [2.75, 3.05) is 0 Å². The monoisotopic (exact) mass is 1200 g/mol. The summed E-state index contributed by atoms with van der Waals surface area (Å²) in [7, 11) is 0. The van der Waals surface area contributed by atoms with Crippen LogP contribution in [0.15, 0.2) is 133 Å². The van der Waals surface area contributed by atoms with Gasteiger partial charge in [-0.3, -0.25) is 0 Å². The third kappa shape index (κ3) is 21.2. The molecule has 0 spiro atoms. The highest BCUT2D eigenvalue weighted by Gasteiger charge is 2.61. The van der Waals surface area contributed by atoms with Gasteiger partial charge in [0.15, 0.2) is 0 Å². The van der Waals surface area contributed by atoms with Crippen molar-refractivity contribution < 1.29 is 0 Å². The summed E-state index contributed by atoms with van der Waals surface area (Å²) < 4.78 is 0. The average Bonchev–Trinajstić information content (AvgIpc) is 1.48. The SMILES string of the molecule is CC.CC.CC.CC.CC.CC.CC.CC.CC.CC(C)C.CC(C)C.CC(C)c1ccc2c(c1)-c1cc(C(C)C)ccc1C2.CC(C)c1ccc2c(c1)Cc1cc(C(C)C)c3ccccc3c1-2.c1ccc2c(c1)-c1ccccc1C13CCCC21CCC3. The van der Waals surface area contributed by atoms with Crippen molar-refractivity contribution in [1.29, 1.82) is 0 Å². The Morgan fingerprint density at radius 3 is 0.955 bits per heavy atom. The molecule has 0 N–H and O–H groups in total. The van der Waals surface area contributed by atoms with E-state index in [1.54, 1.807) is 11.1 Å². The van der Waals surface area contributed by atoms with E-state index >= 15 is 0 Å². The second-order valence-electron chi connectivity index (χ2n) is 24.2. The number of benzene rings is 7. The van der Waals surface area contributed by atoms with Gasteiger partial charge in [0.2, 0.25) is 0 Å². The molecule has 7 aromatic rings. The lowest BCUT2D eigenvalue weighted by Crippen LogP contribution is -2.43. The Labute approximate surface area is 549 Å². The van der Waals surface area contributed by atoms with Gasteiger partial charge in [0.25, 0.3) is 0 Å². The van der Waals surface area contributed by atoms with Gasteiger partial charge in [-0.2, -0.15) is 0 Å². The summed E-state index contributed by atoms with van der Waals surface area (Å²) in [6.45, 7) is 67.2. The van der Waals surface area contributed by atoms with Crippen molar-refractivity contribution >= 4 is 10.8 Å². The Hall–Kier alpha value is -5.20. The molecule has 5 aliphatic carbocycles. The zero-order valence-corrected chi connectivity index (χ0v) is 63.8. The Morgan fingerprint density at radius 1 is 0.273 bits per heavy atom. The van der Waals surface area contributed by atoms with E-state index in [4.69, 9.17) is 0 Å². The van der Waals surface area contributed by atoms with Crippen LogP contribution in [0.2, 0.25) is 0 Å². The summed E-state index contributed by atoms with van der Waals surface area (Å²) in [5.74, 6) is 4.01. The van der Waals surface area contributed by atoms with Crippen LogP contribution in [0.25, 0.3) is 44.2 Å². The van der Waals surface area contributed by atoms with Crippen LogP contribution in [0, 0.1) is 11.8 Å². The second-order valence-corrected chi connectivity index (χ2v) is 24.2. The van der Waals surface area contributed by atoms with E-state index in [2.05, 4.69) is 230 Å². The fraction of sp³-hybridized carbons (Fsp3) is 0.545. The molecule has 88 heavy (non-hydrogen) atoms. The van der Waals surface area contributed by atoms with E-state index in [-0.39, 0.29) is 0 Å². The minimum absolute atomic E-state index is 0.456. The van der Waals surface area contributed by atoms with Gasteiger partial charge >= 0.3 is 0 Å². The maximum Gasteiger partial charge on any atom is 0.00562 e. The van der Waals surface area contributed by atoms with Crippen LogP contribution in [0.4, 0.5) is 0 Å². The van der Waals surface area contributed by atoms with Gasteiger partial charge in [0.05, 0.1) is 0 Å². The number of hydrogen-bond acceptors (Lipinski definition) is 0. The number of hydrogen-bond donors (Lipinski definition) is 0. The zero-order valence-electron chi connectivity index (χ0n) is 63.8. The molecule has 0 atom stereocenters. The summed E-state index contributed by atoms with van der Waals surface area (Å²) in [6, 6.07) is 51.0. The molecule has 2 saturated carbocycles. The van der Waals surface area contributed by atoms with E-state index in [1.807, 2.05) is 125 Å². The van der Waals surface area contributed by atoms with Crippen molar-refractivity contribution in [3.05, 3.63) is 189 Å². The molecule has 0 unspecified atom stereocenters. The van der Waals surface area contributed by atoms with Crippen molar-refractivity contribution in [1.82, 2.24) is 0 Å². The highest BCUT2D eigenvalue weighted by atomic mass is 14.6. The molecule has 2 fully saturated rings. The van der Waals surface area contributed by atoms with Crippen LogP contribution in [0.1, 0.15) is 339 Å². The van der Waals surface area contributed by atoms with E-state index in [9.17, 15) is 0 Å². The van der Waals surface area contributed by atoms with E-state index < -0.39 is 0 Å². The largest absolute Gasteiger partial charge is 0.0683 e. The van der Waals surface area contributed by atoms with E-state index in [1.165, 1.54) is 127 Å². The smallest absolute Gasteiger partial charge is 0.00562 e. The molecule has 0 bridgehead atoms. The Morgan fingerprint density at radius 2 is 0.591 bits per heavy atom. The summed E-state index contributed by atoms with van der Waals surface area (Å²) in [4.78, 5) is 0. The first-order chi connectivity index (χ1) is 42.5. The summed E-state index contributed by atoms with van der Waals surface area (Å²) in [6.07, 6.45) is 10.6. The Bertz CT molecular complexity index is 2790. The zero-order chi connectivity index (χ0) is 68.1. The van der Waals surface area contributed by atoms with Gasteiger partial charge in [-0.25, -0.2) is 0 Å². The molecule has 0 heterocycles. The second kappa shape index (κ2) is 45.1. The van der Waals surface area contributed by atoms with Crippen LogP contribution in [-0.4, -0.2) is 0 Å². The average molecular weight is 1200 g/mol. The third-order valence-electron chi connectivity index (χ3n) is 16.0. The molecule has 7 aromatic carbocycles. The van der Waals surface area contributed by atoms with Crippen LogP contribution >= 0.6 is 0 Å². The lowest BCUT2D eigenvalue weighted by Gasteiger charge is -2.47. The van der Waals surface area contributed by atoms with Crippen LogP contribution in [0.5, 0.6) is 0 Å². The fourth-order valence-corrected chi connectivity index (χ4v) is 12.8. The lowest BCUT2D eigenvalue weighted by molar-refractivity contribution is 0.299. The van der Waals surface area contributed by atoms with Gasteiger partial charge in [-0.05, 0) is 174 Å². The summed E-state index contributed by atoms with van der Waals surface area (Å²) in [5.41, 5.74) is 24.9. The normalized spacial score (nSPS) is 15.2. The van der Waals surface area contributed by atoms with Gasteiger partial charge in [0.1, 0.15) is 0 Å². The molecular formula is C88H140. The Balaban J connectivity index is 0. The topological polar surface area (TPSA) is 0 Å². The quantitative estimate of drug-likeness (QED) is 0.165. The highest BCUT2D eigenvalue weighted by Crippen LogP contribution is 2.69. The molecule has 0 aliphatic heterocycles. The van der Waals surface area contributed by atoms with Crippen LogP contribution in [0.3, 0.4) is 0 Å². The fourth-order valence-electron chi connectivity index (χ4n) is 12.8. The molecule has 0 heteroatoms. The minimum Gasteiger partial charge on any atom is -0.0683 e. The van der Waals surface area contributed by atoms with E-state index in [0.29, 0.717) is 34.5 Å². The van der Waals surface area contributed by atoms with Crippen LogP contribution < -0.4 is 0 Å². The Kier molecular flexibility index (Phi) is 43.5. The molecular weight excluding hydrogens is 1060 g/mol. The summed E-state index contributed by atoms with van der Waals surface area (Å²) in [5, 5.41) is 2.84. The first-order valence-electron chi connectivity index (χ1n) is 36.6. The number of fused-ring (bicyclic) bond motifs is 11. The standard InChI is InChI=1S/C23H24.C20H20.C19H22.2C4H10.9C2H6/c1-14(2)16-9-10-19-17(11-16)12-18-13-22(15(3)4)20-7-5-6-8-21(20)23(18)19;1-3-9-17-15(7-1)16-8-2-4-10-18(16)20-13-5-11-19(17,20)12-6-14-20;1-12(2)14-5-7-16-9-17-8-6-15(13(3)4)11-19(17)18(16)10-14;2*1-4(2)3;9*1-2/h5-11,13-15H,12H2,1-4H3;1-4,7-10H,5-6,11-14H2;5-8,10-13H,9H2,1-4H3;2*4H,1-3H3;9*1-2H3. The predicted molar refractivity (Wildman–Crippen MR) is 409 cm³/mol. The third-order valence-corrected chi connectivity index (χ3v) is 16.0. The molecule has 0 saturated heterocycles. The number of rotatable bonds is 4. The lowest BCUT2D eigenvalue weighted by atomic mass is 9.55. The molecule has 0 amide bonds. The first-order valence-corrected chi connectivity index (χ1v) is 36.6. The molecule has 0 nitrogen and oxygen atoms in total.